The van der Waals surface area contributed by atoms with Gasteiger partial charge in [-0.25, -0.2) is 4.39 Å². The monoisotopic (exact) mass is 617 g/mol. The van der Waals surface area contributed by atoms with Crippen molar-refractivity contribution in [2.24, 2.45) is 29.6 Å². The van der Waals surface area contributed by atoms with Crippen LogP contribution in [0.5, 0.6) is 0 Å². The van der Waals surface area contributed by atoms with Gasteiger partial charge in [-0.1, -0.05) is 29.5 Å². The topological polar surface area (TPSA) is 99.3 Å². The van der Waals surface area contributed by atoms with Crippen molar-refractivity contribution in [1.29, 1.82) is 0 Å². The largest absolute Gasteiger partial charge is 0.416 e. The van der Waals surface area contributed by atoms with Crippen LogP contribution in [0.3, 0.4) is 0 Å². The minimum absolute atomic E-state index is 0.0741. The molecule has 8 unspecified atom stereocenters. The van der Waals surface area contributed by atoms with Gasteiger partial charge in [-0.05, 0) is 67.0 Å². The molecule has 42 heavy (non-hydrogen) atoms. The number of aromatic amines is 1. The summed E-state index contributed by atoms with van der Waals surface area (Å²) in [4.78, 5) is 57.6. The summed E-state index contributed by atoms with van der Waals surface area (Å²) < 4.78 is 53.2. The third-order valence-corrected chi connectivity index (χ3v) is 11.8. The maximum Gasteiger partial charge on any atom is 0.416 e. The van der Waals surface area contributed by atoms with E-state index in [4.69, 9.17) is 0 Å². The van der Waals surface area contributed by atoms with Crippen LogP contribution in [0.2, 0.25) is 0 Å². The number of H-pyrrole nitrogens is 1. The zero-order valence-corrected chi connectivity index (χ0v) is 23.5. The van der Waals surface area contributed by atoms with Gasteiger partial charge in [0.1, 0.15) is 11.9 Å². The van der Waals surface area contributed by atoms with Gasteiger partial charge < -0.3 is 10.3 Å². The molecule has 0 radical (unpaired) electrons. The summed E-state index contributed by atoms with van der Waals surface area (Å²) in [5.74, 6) is -4.05. The van der Waals surface area contributed by atoms with E-state index in [-0.39, 0.29) is 45.3 Å². The van der Waals surface area contributed by atoms with Crippen molar-refractivity contribution in [3.8, 4) is 0 Å². The maximum atomic E-state index is 13.8. The third kappa shape index (κ3) is 4.07. The van der Waals surface area contributed by atoms with Gasteiger partial charge in [0.05, 0.1) is 22.4 Å². The van der Waals surface area contributed by atoms with Crippen LogP contribution in [-0.2, 0) is 20.6 Å². The van der Waals surface area contributed by atoms with E-state index in [1.807, 2.05) is 0 Å². The molecule has 218 valence electrons. The van der Waals surface area contributed by atoms with E-state index in [2.05, 4.69) is 10.3 Å². The minimum Gasteiger partial charge on any atom is -0.324 e. The van der Waals surface area contributed by atoms with Crippen molar-refractivity contribution in [3.63, 3.8) is 0 Å². The first-order valence-corrected chi connectivity index (χ1v) is 15.1. The van der Waals surface area contributed by atoms with Crippen LogP contribution >= 0.6 is 23.1 Å². The summed E-state index contributed by atoms with van der Waals surface area (Å²) in [6, 6.07) is 9.05. The molecule has 1 saturated heterocycles. The Morgan fingerprint density at radius 2 is 1.74 bits per heavy atom. The molecule has 3 amide bonds. The van der Waals surface area contributed by atoms with Gasteiger partial charge in [0.25, 0.3) is 0 Å². The number of carbonyl (C=O) groups excluding carboxylic acids is 3. The Bertz CT molecular complexity index is 1690. The van der Waals surface area contributed by atoms with Gasteiger partial charge >= 0.3 is 11.0 Å². The van der Waals surface area contributed by atoms with Gasteiger partial charge in [0.15, 0.2) is 0 Å². The zero-order chi connectivity index (χ0) is 29.7. The number of halogens is 4. The Morgan fingerprint density at radius 3 is 2.43 bits per heavy atom. The van der Waals surface area contributed by atoms with Crippen molar-refractivity contribution in [3.05, 3.63) is 80.0 Å². The number of hydrogen-bond donors (Lipinski definition) is 2. The smallest absolute Gasteiger partial charge is 0.324 e. The van der Waals surface area contributed by atoms with Gasteiger partial charge in [-0.2, -0.15) is 13.2 Å². The number of thioether (sulfide) groups is 1. The molecule has 0 spiro atoms. The number of benzene rings is 2. The molecule has 2 aromatic carbocycles. The number of carbonyl (C=O) groups is 3. The fraction of sp³-hybridized carbons (Fsp3) is 0.379. The van der Waals surface area contributed by atoms with Crippen molar-refractivity contribution < 1.29 is 31.9 Å². The molecule has 2 N–H and O–H groups in total. The summed E-state index contributed by atoms with van der Waals surface area (Å²) in [7, 11) is 0. The number of fused-ring (bicyclic) bond motifs is 9. The van der Waals surface area contributed by atoms with Crippen LogP contribution in [0.25, 0.3) is 0 Å². The number of amides is 3. The molecular weight excluding hydrogens is 594 g/mol. The van der Waals surface area contributed by atoms with E-state index in [0.29, 0.717) is 6.42 Å². The highest BCUT2D eigenvalue weighted by atomic mass is 32.2. The maximum absolute atomic E-state index is 13.8. The lowest BCUT2D eigenvalue weighted by atomic mass is 9.68. The van der Waals surface area contributed by atoms with Crippen LogP contribution in [-0.4, -0.2) is 38.9 Å². The standard InChI is InChI=1S/C29H23F4N3O4S2/c1-11(24(37)34-15-4-2-3-13(9-15)29(31,32)33)36-26(38)20-16-10-17(21(20)27(36)39)22-19(16)18(12-5-7-14(30)8-6-12)23-25(41-22)35-28(40)42-23/h2-9,11,16-22H,10H2,1H3,(H,34,37)(H,35,40). The normalized spacial score (nSPS) is 30.2. The Labute approximate surface area is 244 Å². The molecule has 3 heterocycles. The molecule has 4 aliphatic rings. The summed E-state index contributed by atoms with van der Waals surface area (Å²) in [6.07, 6.45) is -3.95. The van der Waals surface area contributed by atoms with Crippen molar-refractivity contribution in [2.45, 2.75) is 41.8 Å². The number of anilines is 1. The van der Waals surface area contributed by atoms with Gasteiger partial charge in [-0.3, -0.25) is 24.1 Å². The number of hydrogen-bond acceptors (Lipinski definition) is 6. The summed E-state index contributed by atoms with van der Waals surface area (Å²) in [5, 5.41) is 3.08. The van der Waals surface area contributed by atoms with Gasteiger partial charge in [0, 0.05) is 21.7 Å². The first-order chi connectivity index (χ1) is 19.9. The molecule has 3 fully saturated rings. The second kappa shape index (κ2) is 9.53. The molecule has 2 aliphatic heterocycles. The fourth-order valence-corrected chi connectivity index (χ4v) is 10.5. The SMILES string of the molecule is CC(C(=O)Nc1cccc(C(F)(F)F)c1)N1C(=O)C2C3CC(C2C1=O)C1C(c2ccc(F)cc2)c2sc(=O)[nH]c2SC31. The highest BCUT2D eigenvalue weighted by molar-refractivity contribution is 8.00. The van der Waals surface area contributed by atoms with Crippen molar-refractivity contribution in [2.75, 3.05) is 5.32 Å². The van der Waals surface area contributed by atoms with Crippen LogP contribution < -0.4 is 10.2 Å². The Kier molecular flexibility index (Phi) is 6.21. The van der Waals surface area contributed by atoms with E-state index in [1.54, 1.807) is 12.1 Å². The second-order valence-electron chi connectivity index (χ2n) is 11.3. The summed E-state index contributed by atoms with van der Waals surface area (Å²) in [6.45, 7) is 1.40. The number of rotatable bonds is 4. The highest BCUT2D eigenvalue weighted by Crippen LogP contribution is 2.68. The third-order valence-electron chi connectivity index (χ3n) is 9.21. The Hall–Kier alpha value is -3.45. The molecule has 2 saturated carbocycles. The quantitative estimate of drug-likeness (QED) is 0.314. The number of imide groups is 1. The molecule has 3 aromatic rings. The predicted molar refractivity (Wildman–Crippen MR) is 146 cm³/mol. The lowest BCUT2D eigenvalue weighted by Crippen LogP contribution is -2.46. The van der Waals surface area contributed by atoms with Crippen molar-refractivity contribution in [1.82, 2.24) is 9.88 Å². The highest BCUT2D eigenvalue weighted by Gasteiger charge is 2.70. The van der Waals surface area contributed by atoms with Crippen LogP contribution in [0.4, 0.5) is 23.2 Å². The minimum atomic E-state index is -4.60. The van der Waals surface area contributed by atoms with E-state index in [1.165, 1.54) is 43.0 Å². The summed E-state index contributed by atoms with van der Waals surface area (Å²) >= 11 is 2.62. The number of alkyl halides is 3. The molecule has 2 bridgehead atoms. The van der Waals surface area contributed by atoms with E-state index in [0.717, 1.165) is 43.8 Å². The number of thiazole rings is 1. The van der Waals surface area contributed by atoms with Crippen LogP contribution in [0.1, 0.15) is 35.3 Å². The molecule has 8 atom stereocenters. The van der Waals surface area contributed by atoms with E-state index >= 15 is 0 Å². The number of nitrogens with zero attached hydrogens (tertiary/aromatic N) is 1. The lowest BCUT2D eigenvalue weighted by molar-refractivity contribution is -0.146. The Morgan fingerprint density at radius 1 is 1.05 bits per heavy atom. The zero-order valence-electron chi connectivity index (χ0n) is 21.9. The molecule has 7 nitrogen and oxygen atoms in total. The first-order valence-electron chi connectivity index (χ1n) is 13.4. The molecule has 2 aliphatic carbocycles. The number of likely N-dealkylation sites (tertiary alicyclic amines) is 1. The average Bonchev–Trinajstić information content (AvgIpc) is 3.67. The van der Waals surface area contributed by atoms with E-state index < -0.39 is 47.3 Å². The van der Waals surface area contributed by atoms with Crippen molar-refractivity contribution >= 4 is 46.5 Å². The lowest BCUT2D eigenvalue weighted by Gasteiger charge is -2.43. The number of nitrogens with one attached hydrogen (secondary N) is 2. The first kappa shape index (κ1) is 27.4. The van der Waals surface area contributed by atoms with Crippen LogP contribution in [0.15, 0.2) is 58.4 Å². The second-order valence-corrected chi connectivity index (χ2v) is 13.5. The van der Waals surface area contributed by atoms with E-state index in [9.17, 15) is 36.7 Å². The summed E-state index contributed by atoms with van der Waals surface area (Å²) in [5.41, 5.74) is -0.196. The molecule has 7 rings (SSSR count). The average molecular weight is 618 g/mol. The molecular formula is C29H23F4N3O4S2. The van der Waals surface area contributed by atoms with Gasteiger partial charge in [-0.15, -0.1) is 11.8 Å². The number of aromatic nitrogens is 1. The van der Waals surface area contributed by atoms with Gasteiger partial charge in [0.2, 0.25) is 17.7 Å². The van der Waals surface area contributed by atoms with Crippen LogP contribution in [0, 0.1) is 35.4 Å². The predicted octanol–water partition coefficient (Wildman–Crippen LogP) is 5.09. The fourth-order valence-electron chi connectivity index (χ4n) is 7.60. The molecule has 1 aromatic heterocycles. The Balaban J connectivity index is 1.18. The molecule has 13 heteroatoms.